The van der Waals surface area contributed by atoms with Gasteiger partial charge in [-0.2, -0.15) is 0 Å². The van der Waals surface area contributed by atoms with Crippen LogP contribution in [0.15, 0.2) is 48.5 Å². The highest BCUT2D eigenvalue weighted by Gasteiger charge is 2.33. The minimum atomic E-state index is -1.65. The van der Waals surface area contributed by atoms with E-state index < -0.39 is 23.5 Å². The maximum atomic E-state index is 14.6. The van der Waals surface area contributed by atoms with Crippen molar-refractivity contribution in [2.45, 2.75) is 49.2 Å². The molecule has 2 unspecified atom stereocenters. The highest BCUT2D eigenvalue weighted by Crippen LogP contribution is 2.34. The minimum absolute atomic E-state index is 0.290. The number of hydrogen-bond acceptors (Lipinski definition) is 5. The van der Waals surface area contributed by atoms with Crippen LogP contribution in [0.5, 0.6) is 0 Å². The van der Waals surface area contributed by atoms with Crippen LogP contribution in [0, 0.1) is 24.1 Å². The third kappa shape index (κ3) is 6.20. The molecule has 0 radical (unpaired) electrons. The minimum Gasteiger partial charge on any atom is -0.385 e. The van der Waals surface area contributed by atoms with Gasteiger partial charge in [0.1, 0.15) is 12.2 Å². The fourth-order valence-corrected chi connectivity index (χ4v) is 4.32. The van der Waals surface area contributed by atoms with Crippen molar-refractivity contribution in [2.75, 3.05) is 26.4 Å². The second-order valence-electron chi connectivity index (χ2n) is 8.86. The molecule has 2 aliphatic rings. The van der Waals surface area contributed by atoms with Gasteiger partial charge in [0.2, 0.25) is 0 Å². The van der Waals surface area contributed by atoms with E-state index in [1.54, 1.807) is 48.5 Å². The molecule has 4 rings (SSSR count). The van der Waals surface area contributed by atoms with Crippen molar-refractivity contribution >= 4 is 0 Å². The van der Waals surface area contributed by atoms with Crippen molar-refractivity contribution < 1.29 is 33.2 Å². The van der Waals surface area contributed by atoms with E-state index in [0.29, 0.717) is 63.2 Å². The first kappa shape index (κ1) is 25.2. The first-order chi connectivity index (χ1) is 16.9. The molecule has 184 valence electrons. The van der Waals surface area contributed by atoms with Crippen molar-refractivity contribution in [3.05, 3.63) is 70.8 Å². The SMILES string of the molecule is OC1(c2cccc(C(F)C#COC#CC(F)c3cccc(C4(O)CCOCC4)c3)c2)CCOCC1. The van der Waals surface area contributed by atoms with Crippen molar-refractivity contribution in [3.63, 3.8) is 0 Å². The van der Waals surface area contributed by atoms with E-state index >= 15 is 0 Å². The van der Waals surface area contributed by atoms with Crippen LogP contribution in [0.2, 0.25) is 0 Å². The van der Waals surface area contributed by atoms with E-state index in [-0.39, 0.29) is 11.1 Å². The predicted octanol–water partition coefficient (Wildman–Crippen LogP) is 4.34. The summed E-state index contributed by atoms with van der Waals surface area (Å²) in [5, 5.41) is 21.6. The molecule has 2 aromatic carbocycles. The molecule has 0 aromatic heterocycles. The first-order valence-electron chi connectivity index (χ1n) is 11.7. The van der Waals surface area contributed by atoms with Crippen LogP contribution in [-0.2, 0) is 25.4 Å². The molecule has 2 aliphatic heterocycles. The Balaban J connectivity index is 1.36. The molecule has 7 heteroatoms. The Kier molecular flexibility index (Phi) is 8.05. The Hall–Kier alpha value is -2.94. The molecule has 5 nitrogen and oxygen atoms in total. The fraction of sp³-hybridized carbons (Fsp3) is 0.429. The normalized spacial score (nSPS) is 20.3. The lowest BCUT2D eigenvalue weighted by Gasteiger charge is -2.32. The van der Waals surface area contributed by atoms with Crippen LogP contribution >= 0.6 is 0 Å². The highest BCUT2D eigenvalue weighted by molar-refractivity contribution is 5.34. The number of hydrogen-bond donors (Lipinski definition) is 2. The zero-order valence-corrected chi connectivity index (χ0v) is 19.3. The summed E-state index contributed by atoms with van der Waals surface area (Å²) in [6, 6.07) is 13.2. The maximum Gasteiger partial charge on any atom is 0.189 e. The Bertz CT molecular complexity index is 1040. The second kappa shape index (κ2) is 11.2. The molecule has 0 amide bonds. The van der Waals surface area contributed by atoms with E-state index in [1.807, 2.05) is 0 Å². The standard InChI is InChI=1S/C28H28F2O5/c29-25(21-3-1-5-23(19-21)27(31)9-15-34-16-10-27)7-13-33-14-8-26(30)22-4-2-6-24(20-22)28(32)11-17-35-18-12-28/h1-6,19-20,25-26,31-32H,9-12,15-18H2. The molecule has 2 N–H and O–H groups in total. The Labute approximate surface area is 204 Å². The molecule has 0 spiro atoms. The van der Waals surface area contributed by atoms with Crippen LogP contribution in [-0.4, -0.2) is 36.6 Å². The number of benzene rings is 2. The van der Waals surface area contributed by atoms with Crippen LogP contribution in [0.4, 0.5) is 8.78 Å². The second-order valence-corrected chi connectivity index (χ2v) is 8.86. The number of aliphatic hydroxyl groups is 2. The van der Waals surface area contributed by atoms with Gasteiger partial charge in [0.25, 0.3) is 0 Å². The number of ether oxygens (including phenoxy) is 3. The first-order valence-corrected chi connectivity index (χ1v) is 11.7. The molecule has 35 heavy (non-hydrogen) atoms. The molecule has 2 fully saturated rings. The van der Waals surface area contributed by atoms with Gasteiger partial charge in [0.05, 0.1) is 11.2 Å². The Morgan fingerprint density at radius 3 is 1.51 bits per heavy atom. The lowest BCUT2D eigenvalue weighted by Crippen LogP contribution is -2.33. The molecular formula is C28H28F2O5. The number of halogens is 2. The van der Waals surface area contributed by atoms with Crippen LogP contribution < -0.4 is 0 Å². The topological polar surface area (TPSA) is 68.2 Å². The van der Waals surface area contributed by atoms with E-state index in [9.17, 15) is 19.0 Å². The molecule has 2 atom stereocenters. The zero-order chi connectivity index (χ0) is 24.7. The van der Waals surface area contributed by atoms with Gasteiger partial charge in [0, 0.05) is 52.1 Å². The molecule has 0 saturated carbocycles. The average Bonchev–Trinajstić information content (AvgIpc) is 2.89. The Morgan fingerprint density at radius 1 is 0.714 bits per heavy atom. The van der Waals surface area contributed by atoms with Crippen molar-refractivity contribution in [3.8, 4) is 24.1 Å². The van der Waals surface area contributed by atoms with Gasteiger partial charge in [-0.25, -0.2) is 8.78 Å². The number of alkyl halides is 2. The van der Waals surface area contributed by atoms with Crippen molar-refractivity contribution in [1.29, 1.82) is 0 Å². The van der Waals surface area contributed by atoms with Gasteiger partial charge in [-0.15, -0.1) is 0 Å². The lowest BCUT2D eigenvalue weighted by molar-refractivity contribution is -0.0683. The van der Waals surface area contributed by atoms with E-state index in [1.165, 1.54) is 0 Å². The van der Waals surface area contributed by atoms with Gasteiger partial charge in [-0.3, -0.25) is 0 Å². The van der Waals surface area contributed by atoms with E-state index in [4.69, 9.17) is 14.2 Å². The highest BCUT2D eigenvalue weighted by atomic mass is 19.1. The predicted molar refractivity (Wildman–Crippen MR) is 125 cm³/mol. The summed E-state index contributed by atoms with van der Waals surface area (Å²) in [4.78, 5) is 0. The van der Waals surface area contributed by atoms with Crippen LogP contribution in [0.3, 0.4) is 0 Å². The summed E-state index contributed by atoms with van der Waals surface area (Å²) in [6.45, 7) is 1.78. The van der Waals surface area contributed by atoms with Gasteiger partial charge < -0.3 is 24.4 Å². The summed E-state index contributed by atoms with van der Waals surface area (Å²) in [6.07, 6.45) is 2.80. The molecule has 2 saturated heterocycles. The van der Waals surface area contributed by atoms with Gasteiger partial charge in [-0.1, -0.05) is 36.4 Å². The van der Waals surface area contributed by atoms with Crippen molar-refractivity contribution in [2.24, 2.45) is 0 Å². The summed E-state index contributed by atoms with van der Waals surface area (Å²) in [7, 11) is 0. The van der Waals surface area contributed by atoms with Crippen LogP contribution in [0.1, 0.15) is 60.3 Å². The largest absolute Gasteiger partial charge is 0.385 e. The molecule has 0 aliphatic carbocycles. The maximum absolute atomic E-state index is 14.6. The lowest BCUT2D eigenvalue weighted by atomic mass is 9.85. The third-order valence-electron chi connectivity index (χ3n) is 6.55. The quantitative estimate of drug-likeness (QED) is 0.635. The molecular weight excluding hydrogens is 454 g/mol. The molecule has 2 heterocycles. The van der Waals surface area contributed by atoms with Crippen molar-refractivity contribution in [1.82, 2.24) is 0 Å². The molecule has 2 aromatic rings. The van der Waals surface area contributed by atoms with Gasteiger partial charge >= 0.3 is 0 Å². The average molecular weight is 483 g/mol. The summed E-state index contributed by atoms with van der Waals surface area (Å²) in [5.41, 5.74) is -0.266. The van der Waals surface area contributed by atoms with Crippen LogP contribution in [0.25, 0.3) is 0 Å². The summed E-state index contributed by atoms with van der Waals surface area (Å²) < 4.78 is 44.6. The van der Waals surface area contributed by atoms with E-state index in [0.717, 1.165) is 0 Å². The Morgan fingerprint density at radius 2 is 1.11 bits per heavy atom. The summed E-state index contributed by atoms with van der Waals surface area (Å²) >= 11 is 0. The monoisotopic (exact) mass is 482 g/mol. The van der Waals surface area contributed by atoms with E-state index in [2.05, 4.69) is 24.1 Å². The molecule has 0 bridgehead atoms. The summed E-state index contributed by atoms with van der Waals surface area (Å²) in [5.74, 6) is 4.59. The zero-order valence-electron chi connectivity index (χ0n) is 19.3. The van der Waals surface area contributed by atoms with Gasteiger partial charge in [-0.05, 0) is 46.2 Å². The number of rotatable bonds is 4. The van der Waals surface area contributed by atoms with Gasteiger partial charge in [0.15, 0.2) is 12.3 Å². The smallest absolute Gasteiger partial charge is 0.189 e. The third-order valence-corrected chi connectivity index (χ3v) is 6.55. The fourth-order valence-electron chi connectivity index (χ4n) is 4.32.